The number of rotatable bonds is 6. The molecule has 0 aliphatic carbocycles. The molecule has 0 spiro atoms. The molecule has 0 radical (unpaired) electrons. The van der Waals surface area contributed by atoms with Gasteiger partial charge < -0.3 is 15.0 Å². The molecule has 2 heterocycles. The zero-order chi connectivity index (χ0) is 17.6. The second-order valence-electron chi connectivity index (χ2n) is 6.28. The third kappa shape index (κ3) is 3.92. The minimum atomic E-state index is 0.0673. The maximum Gasteiger partial charge on any atom is 0.257 e. The molecule has 25 heavy (non-hydrogen) atoms. The molecule has 1 aromatic carbocycles. The summed E-state index contributed by atoms with van der Waals surface area (Å²) in [7, 11) is 1.66. The van der Waals surface area contributed by atoms with E-state index >= 15 is 0 Å². The van der Waals surface area contributed by atoms with Crippen LogP contribution < -0.4 is 10.1 Å². The molecule has 5 heteroatoms. The van der Waals surface area contributed by atoms with E-state index < -0.39 is 0 Å². The molecular weight excluding hydrogens is 314 g/mol. The van der Waals surface area contributed by atoms with Crippen LogP contribution in [0.3, 0.4) is 0 Å². The van der Waals surface area contributed by atoms with Gasteiger partial charge in [0.1, 0.15) is 11.6 Å². The van der Waals surface area contributed by atoms with Crippen molar-refractivity contribution < 1.29 is 9.53 Å². The lowest BCUT2D eigenvalue weighted by Gasteiger charge is -2.22. The molecule has 1 saturated heterocycles. The fourth-order valence-electron chi connectivity index (χ4n) is 3.21. The number of hydrogen-bond acceptors (Lipinski definition) is 4. The highest BCUT2D eigenvalue weighted by atomic mass is 16.5. The summed E-state index contributed by atoms with van der Waals surface area (Å²) >= 11 is 0. The number of carbonyl (C=O) groups excluding carboxylic acids is 1. The van der Waals surface area contributed by atoms with E-state index in [9.17, 15) is 4.79 Å². The van der Waals surface area contributed by atoms with E-state index in [1.807, 2.05) is 41.3 Å². The Morgan fingerprint density at radius 2 is 1.96 bits per heavy atom. The van der Waals surface area contributed by atoms with E-state index in [1.54, 1.807) is 13.3 Å². The van der Waals surface area contributed by atoms with Crippen LogP contribution in [-0.4, -0.2) is 36.0 Å². The van der Waals surface area contributed by atoms with Crippen LogP contribution >= 0.6 is 0 Å². The lowest BCUT2D eigenvalue weighted by atomic mass is 10.0. The quantitative estimate of drug-likeness (QED) is 0.867. The summed E-state index contributed by atoms with van der Waals surface area (Å²) < 4.78 is 5.23. The Labute approximate surface area is 149 Å². The van der Waals surface area contributed by atoms with Crippen LogP contribution in [0.4, 0.5) is 5.82 Å². The number of aromatic nitrogens is 1. The van der Waals surface area contributed by atoms with E-state index in [2.05, 4.69) is 17.2 Å². The van der Waals surface area contributed by atoms with Crippen molar-refractivity contribution >= 4 is 11.7 Å². The summed E-state index contributed by atoms with van der Waals surface area (Å²) in [6.45, 7) is 3.79. The number of carbonyl (C=O) groups is 1. The number of nitrogens with zero attached hydrogens (tertiary/aromatic N) is 2. The number of likely N-dealkylation sites (tertiary alicyclic amines) is 1. The van der Waals surface area contributed by atoms with Gasteiger partial charge in [0.2, 0.25) is 0 Å². The average molecular weight is 339 g/mol. The molecule has 1 unspecified atom stereocenters. The maximum absolute atomic E-state index is 12.8. The maximum atomic E-state index is 12.8. The molecule has 132 valence electrons. The Balaban J connectivity index is 1.81. The van der Waals surface area contributed by atoms with Gasteiger partial charge in [0, 0.05) is 19.3 Å². The number of anilines is 1. The zero-order valence-electron chi connectivity index (χ0n) is 14.9. The topological polar surface area (TPSA) is 54.5 Å². The van der Waals surface area contributed by atoms with Gasteiger partial charge in [0.25, 0.3) is 5.91 Å². The number of amides is 1. The molecule has 1 N–H and O–H groups in total. The molecule has 5 nitrogen and oxygen atoms in total. The number of pyridine rings is 1. The van der Waals surface area contributed by atoms with Crippen LogP contribution in [0.15, 0.2) is 42.6 Å². The Hall–Kier alpha value is -2.56. The third-order valence-electron chi connectivity index (χ3n) is 4.67. The Morgan fingerprint density at radius 1 is 1.24 bits per heavy atom. The first-order valence-corrected chi connectivity index (χ1v) is 8.87. The van der Waals surface area contributed by atoms with Gasteiger partial charge in [-0.15, -0.1) is 0 Å². The summed E-state index contributed by atoms with van der Waals surface area (Å²) in [6, 6.07) is 11.8. The van der Waals surface area contributed by atoms with Gasteiger partial charge in [-0.3, -0.25) is 4.79 Å². The number of methoxy groups -OCH3 is 1. The van der Waals surface area contributed by atoms with E-state index in [0.717, 1.165) is 43.7 Å². The minimum Gasteiger partial charge on any atom is -0.497 e. The van der Waals surface area contributed by atoms with Crippen LogP contribution in [0, 0.1) is 0 Å². The monoisotopic (exact) mass is 339 g/mol. The van der Waals surface area contributed by atoms with Gasteiger partial charge in [-0.25, -0.2) is 4.98 Å². The molecule has 1 fully saturated rings. The largest absolute Gasteiger partial charge is 0.497 e. The van der Waals surface area contributed by atoms with Crippen LogP contribution in [0.5, 0.6) is 5.75 Å². The number of hydrogen-bond donors (Lipinski definition) is 1. The highest BCUT2D eigenvalue weighted by Crippen LogP contribution is 2.26. The lowest BCUT2D eigenvalue weighted by Crippen LogP contribution is -2.29. The summed E-state index contributed by atoms with van der Waals surface area (Å²) in [4.78, 5) is 19.1. The van der Waals surface area contributed by atoms with Crippen molar-refractivity contribution in [2.24, 2.45) is 0 Å². The molecule has 0 saturated carbocycles. The normalized spacial score (nSPS) is 15.0. The average Bonchev–Trinajstić information content (AvgIpc) is 3.21. The highest BCUT2D eigenvalue weighted by molar-refractivity contribution is 5.98. The Morgan fingerprint density at radius 3 is 2.60 bits per heavy atom. The zero-order valence-corrected chi connectivity index (χ0v) is 14.9. The highest BCUT2D eigenvalue weighted by Gasteiger charge is 2.23. The van der Waals surface area contributed by atoms with Crippen molar-refractivity contribution in [2.75, 3.05) is 25.5 Å². The molecule has 3 rings (SSSR count). The Bertz CT molecular complexity index is 709. The number of ether oxygens (including phenoxy) is 1. The molecule has 1 aliphatic heterocycles. The predicted molar refractivity (Wildman–Crippen MR) is 99.0 cm³/mol. The van der Waals surface area contributed by atoms with Crippen molar-refractivity contribution in [3.8, 4) is 5.75 Å². The van der Waals surface area contributed by atoms with Crippen molar-refractivity contribution in [3.63, 3.8) is 0 Å². The van der Waals surface area contributed by atoms with Crippen molar-refractivity contribution in [1.29, 1.82) is 0 Å². The summed E-state index contributed by atoms with van der Waals surface area (Å²) in [5.74, 6) is 1.56. The van der Waals surface area contributed by atoms with Crippen molar-refractivity contribution in [1.82, 2.24) is 9.88 Å². The molecule has 2 aromatic rings. The third-order valence-corrected chi connectivity index (χ3v) is 4.67. The van der Waals surface area contributed by atoms with Crippen molar-refractivity contribution in [3.05, 3.63) is 53.7 Å². The first-order valence-electron chi connectivity index (χ1n) is 8.87. The van der Waals surface area contributed by atoms with E-state index in [0.29, 0.717) is 11.4 Å². The van der Waals surface area contributed by atoms with Crippen LogP contribution in [-0.2, 0) is 0 Å². The standard InChI is InChI=1S/C20H25N3O2/c1-3-18(15-8-10-16(25-2)11-9-15)22-19-17(7-6-12-21-19)20(24)23-13-4-5-14-23/h6-12,18H,3-5,13-14H2,1-2H3,(H,21,22). The van der Waals surface area contributed by atoms with Gasteiger partial charge in [0.15, 0.2) is 0 Å². The van der Waals surface area contributed by atoms with E-state index in [4.69, 9.17) is 4.74 Å². The van der Waals surface area contributed by atoms with Gasteiger partial charge in [0.05, 0.1) is 18.7 Å². The van der Waals surface area contributed by atoms with Gasteiger partial charge in [-0.05, 0) is 49.1 Å². The van der Waals surface area contributed by atoms with Crippen LogP contribution in [0.25, 0.3) is 0 Å². The van der Waals surface area contributed by atoms with Gasteiger partial charge in [-0.1, -0.05) is 19.1 Å². The summed E-state index contributed by atoms with van der Waals surface area (Å²) in [6.07, 6.45) is 4.78. The fourth-order valence-corrected chi connectivity index (χ4v) is 3.21. The Kier molecular flexibility index (Phi) is 5.53. The molecule has 1 atom stereocenters. The smallest absolute Gasteiger partial charge is 0.257 e. The van der Waals surface area contributed by atoms with Gasteiger partial charge in [-0.2, -0.15) is 0 Å². The SMILES string of the molecule is CCC(Nc1ncccc1C(=O)N1CCCC1)c1ccc(OC)cc1. The molecule has 1 aromatic heterocycles. The van der Waals surface area contributed by atoms with Crippen LogP contribution in [0.2, 0.25) is 0 Å². The fraction of sp³-hybridized carbons (Fsp3) is 0.400. The number of benzene rings is 1. The molecule has 1 aliphatic rings. The summed E-state index contributed by atoms with van der Waals surface area (Å²) in [5, 5.41) is 3.46. The second kappa shape index (κ2) is 8.01. The molecular formula is C20H25N3O2. The van der Waals surface area contributed by atoms with E-state index in [-0.39, 0.29) is 11.9 Å². The van der Waals surface area contributed by atoms with Gasteiger partial charge >= 0.3 is 0 Å². The number of nitrogens with one attached hydrogen (secondary N) is 1. The first kappa shape index (κ1) is 17.3. The minimum absolute atomic E-state index is 0.0673. The molecule has 0 bridgehead atoms. The van der Waals surface area contributed by atoms with Crippen LogP contribution in [0.1, 0.15) is 48.1 Å². The van der Waals surface area contributed by atoms with E-state index in [1.165, 1.54) is 0 Å². The van der Waals surface area contributed by atoms with Crippen molar-refractivity contribution in [2.45, 2.75) is 32.2 Å². The first-order chi connectivity index (χ1) is 12.2. The summed E-state index contributed by atoms with van der Waals surface area (Å²) in [5.41, 5.74) is 1.80. The molecule has 1 amide bonds. The predicted octanol–water partition coefficient (Wildman–Crippen LogP) is 3.89. The lowest BCUT2D eigenvalue weighted by molar-refractivity contribution is 0.0793. The second-order valence-corrected chi connectivity index (χ2v) is 6.28.